The fraction of sp³-hybridized carbons (Fsp3) is 0.200. The van der Waals surface area contributed by atoms with Crippen LogP contribution in [0, 0.1) is 17.5 Å². The molecule has 20 heavy (non-hydrogen) atoms. The third kappa shape index (κ3) is 3.51. The van der Waals surface area contributed by atoms with Gasteiger partial charge in [-0.2, -0.15) is 4.39 Å². The van der Waals surface area contributed by atoms with Crippen molar-refractivity contribution in [2.45, 2.75) is 13.5 Å². The Morgan fingerprint density at radius 3 is 2.65 bits per heavy atom. The third-order valence-corrected chi connectivity index (χ3v) is 2.65. The number of hydrogen-bond acceptors (Lipinski definition) is 2. The third-order valence-electron chi connectivity index (χ3n) is 2.65. The molecule has 5 heteroatoms. The van der Waals surface area contributed by atoms with Crippen molar-refractivity contribution in [2.75, 3.05) is 6.54 Å². The summed E-state index contributed by atoms with van der Waals surface area (Å²) in [7, 11) is 0. The minimum Gasteiger partial charge on any atom is -0.454 e. The molecule has 0 bridgehead atoms. The summed E-state index contributed by atoms with van der Waals surface area (Å²) < 4.78 is 45.2. The van der Waals surface area contributed by atoms with Crippen LogP contribution in [-0.2, 0) is 6.54 Å². The van der Waals surface area contributed by atoms with Crippen LogP contribution in [0.5, 0.6) is 11.5 Å². The van der Waals surface area contributed by atoms with Crippen molar-refractivity contribution in [3.8, 4) is 11.5 Å². The van der Waals surface area contributed by atoms with Crippen molar-refractivity contribution in [1.29, 1.82) is 0 Å². The van der Waals surface area contributed by atoms with Gasteiger partial charge in [-0.25, -0.2) is 8.78 Å². The number of nitrogens with one attached hydrogen (secondary N) is 1. The van der Waals surface area contributed by atoms with Crippen LogP contribution < -0.4 is 10.1 Å². The van der Waals surface area contributed by atoms with Crippen LogP contribution >= 0.6 is 0 Å². The summed E-state index contributed by atoms with van der Waals surface area (Å²) in [6.45, 7) is 3.14. The highest BCUT2D eigenvalue weighted by Crippen LogP contribution is 2.27. The van der Waals surface area contributed by atoms with Crippen molar-refractivity contribution in [1.82, 2.24) is 5.32 Å². The Labute approximate surface area is 115 Å². The molecule has 0 saturated heterocycles. The lowest BCUT2D eigenvalue weighted by Gasteiger charge is -2.09. The van der Waals surface area contributed by atoms with Gasteiger partial charge in [-0.05, 0) is 36.4 Å². The zero-order valence-corrected chi connectivity index (χ0v) is 10.9. The largest absolute Gasteiger partial charge is 0.454 e. The summed E-state index contributed by atoms with van der Waals surface area (Å²) in [6, 6.07) is 7.66. The highest BCUT2D eigenvalue weighted by atomic mass is 19.2. The first-order valence-corrected chi connectivity index (χ1v) is 6.22. The molecule has 2 nitrogen and oxygen atoms in total. The Morgan fingerprint density at radius 2 is 1.90 bits per heavy atom. The van der Waals surface area contributed by atoms with Gasteiger partial charge in [0.1, 0.15) is 11.6 Å². The normalized spacial score (nSPS) is 10.6. The van der Waals surface area contributed by atoms with Gasteiger partial charge >= 0.3 is 0 Å². The summed E-state index contributed by atoms with van der Waals surface area (Å²) in [5.74, 6) is -2.74. The van der Waals surface area contributed by atoms with Gasteiger partial charge in [0, 0.05) is 12.6 Å². The molecule has 0 aromatic heterocycles. The van der Waals surface area contributed by atoms with E-state index < -0.39 is 17.5 Å². The second kappa shape index (κ2) is 6.43. The van der Waals surface area contributed by atoms with Crippen molar-refractivity contribution in [3.63, 3.8) is 0 Å². The van der Waals surface area contributed by atoms with Gasteiger partial charge in [-0.1, -0.05) is 13.0 Å². The number of benzene rings is 2. The molecule has 0 saturated carbocycles. The van der Waals surface area contributed by atoms with Crippen molar-refractivity contribution in [3.05, 3.63) is 59.4 Å². The minimum absolute atomic E-state index is 0.127. The Morgan fingerprint density at radius 1 is 1.10 bits per heavy atom. The van der Waals surface area contributed by atoms with Gasteiger partial charge in [0.15, 0.2) is 11.6 Å². The van der Waals surface area contributed by atoms with E-state index in [-0.39, 0.29) is 11.5 Å². The first-order valence-electron chi connectivity index (χ1n) is 6.22. The first kappa shape index (κ1) is 14.4. The van der Waals surface area contributed by atoms with E-state index in [4.69, 9.17) is 4.74 Å². The van der Waals surface area contributed by atoms with E-state index in [9.17, 15) is 13.2 Å². The van der Waals surface area contributed by atoms with Crippen LogP contribution in [0.15, 0.2) is 36.4 Å². The van der Waals surface area contributed by atoms with E-state index in [0.29, 0.717) is 12.1 Å². The minimum atomic E-state index is -1.09. The van der Waals surface area contributed by atoms with Crippen LogP contribution in [0.4, 0.5) is 13.2 Å². The second-order valence-electron chi connectivity index (χ2n) is 4.23. The molecule has 0 aliphatic carbocycles. The number of ether oxygens (including phenoxy) is 1. The van der Waals surface area contributed by atoms with Crippen LogP contribution in [0.3, 0.4) is 0 Å². The van der Waals surface area contributed by atoms with Crippen molar-refractivity contribution >= 4 is 0 Å². The lowest BCUT2D eigenvalue weighted by molar-refractivity contribution is 0.413. The molecule has 0 unspecified atom stereocenters. The highest BCUT2D eigenvalue weighted by molar-refractivity contribution is 5.35. The highest BCUT2D eigenvalue weighted by Gasteiger charge is 2.10. The molecule has 0 aliphatic heterocycles. The molecule has 0 amide bonds. The maximum absolute atomic E-state index is 13.5. The SMILES string of the molecule is CCNCc1cc(F)cc(Oc2cccc(F)c2F)c1. The number of rotatable bonds is 5. The summed E-state index contributed by atoms with van der Waals surface area (Å²) in [4.78, 5) is 0. The van der Waals surface area contributed by atoms with Crippen molar-refractivity contribution < 1.29 is 17.9 Å². The maximum atomic E-state index is 13.5. The quantitative estimate of drug-likeness (QED) is 0.894. The standard InChI is InChI=1S/C15H14F3NO/c1-2-19-9-10-6-11(16)8-12(7-10)20-14-5-3-4-13(17)15(14)18/h3-8,19H,2,9H2,1H3. The Balaban J connectivity index is 2.24. The Hall–Kier alpha value is -2.01. The predicted octanol–water partition coefficient (Wildman–Crippen LogP) is 4.01. The molecule has 1 N–H and O–H groups in total. The van der Waals surface area contributed by atoms with Crippen LogP contribution in [0.2, 0.25) is 0 Å². The van der Waals surface area contributed by atoms with Gasteiger partial charge in [-0.15, -0.1) is 0 Å². The summed E-state index contributed by atoms with van der Waals surface area (Å²) in [5, 5.41) is 3.05. The van der Waals surface area contributed by atoms with Gasteiger partial charge in [0.05, 0.1) is 0 Å². The molecule has 0 atom stereocenters. The fourth-order valence-electron chi connectivity index (χ4n) is 1.74. The maximum Gasteiger partial charge on any atom is 0.201 e. The topological polar surface area (TPSA) is 21.3 Å². The van der Waals surface area contributed by atoms with Crippen molar-refractivity contribution in [2.24, 2.45) is 0 Å². The van der Waals surface area contributed by atoms with E-state index in [1.807, 2.05) is 6.92 Å². The zero-order valence-electron chi connectivity index (χ0n) is 10.9. The molecular weight excluding hydrogens is 267 g/mol. The molecule has 2 aromatic rings. The molecule has 2 rings (SSSR count). The van der Waals surface area contributed by atoms with E-state index in [1.54, 1.807) is 6.07 Å². The molecule has 0 heterocycles. The van der Waals surface area contributed by atoms with E-state index in [0.717, 1.165) is 18.7 Å². The molecule has 0 radical (unpaired) electrons. The van der Waals surface area contributed by atoms with Crippen LogP contribution in [0.25, 0.3) is 0 Å². The van der Waals surface area contributed by atoms with Gasteiger partial charge < -0.3 is 10.1 Å². The van der Waals surface area contributed by atoms with Crippen LogP contribution in [0.1, 0.15) is 12.5 Å². The molecule has 106 valence electrons. The molecular formula is C15H14F3NO. The first-order chi connectivity index (χ1) is 9.60. The number of halogens is 3. The van der Waals surface area contributed by atoms with E-state index in [1.165, 1.54) is 18.2 Å². The molecule has 0 spiro atoms. The number of hydrogen-bond donors (Lipinski definition) is 1. The zero-order chi connectivity index (χ0) is 14.5. The van der Waals surface area contributed by atoms with Crippen LogP contribution in [-0.4, -0.2) is 6.54 Å². The second-order valence-corrected chi connectivity index (χ2v) is 4.23. The summed E-state index contributed by atoms with van der Waals surface area (Å²) >= 11 is 0. The Bertz CT molecular complexity index is 602. The summed E-state index contributed by atoms with van der Waals surface area (Å²) in [5.41, 5.74) is 0.665. The molecule has 2 aromatic carbocycles. The van der Waals surface area contributed by atoms with Gasteiger partial charge in [0.25, 0.3) is 0 Å². The molecule has 0 fully saturated rings. The smallest absolute Gasteiger partial charge is 0.201 e. The summed E-state index contributed by atoms with van der Waals surface area (Å²) in [6.07, 6.45) is 0. The molecule has 0 aliphatic rings. The average molecular weight is 281 g/mol. The fourth-order valence-corrected chi connectivity index (χ4v) is 1.74. The van der Waals surface area contributed by atoms with Gasteiger partial charge in [-0.3, -0.25) is 0 Å². The monoisotopic (exact) mass is 281 g/mol. The lowest BCUT2D eigenvalue weighted by Crippen LogP contribution is -2.11. The van der Waals surface area contributed by atoms with E-state index in [2.05, 4.69) is 5.32 Å². The lowest BCUT2D eigenvalue weighted by atomic mass is 10.2. The van der Waals surface area contributed by atoms with E-state index >= 15 is 0 Å². The Kier molecular flexibility index (Phi) is 4.63. The predicted molar refractivity (Wildman–Crippen MR) is 70.2 cm³/mol. The average Bonchev–Trinajstić information content (AvgIpc) is 2.41. The van der Waals surface area contributed by atoms with Gasteiger partial charge in [0.2, 0.25) is 5.82 Å².